The number of hydrogen-bond donors (Lipinski definition) is 2. The van der Waals surface area contributed by atoms with E-state index in [1.165, 1.54) is 6.20 Å². The summed E-state index contributed by atoms with van der Waals surface area (Å²) in [4.78, 5) is 36.2. The minimum Gasteiger partial charge on any atom is -0.350 e. The molecule has 0 aliphatic carbocycles. The van der Waals surface area contributed by atoms with Gasteiger partial charge in [-0.1, -0.05) is 0 Å². The lowest BCUT2D eigenvalue weighted by molar-refractivity contribution is -0.123. The van der Waals surface area contributed by atoms with Crippen LogP contribution in [0.3, 0.4) is 0 Å². The van der Waals surface area contributed by atoms with Crippen LogP contribution in [-0.2, 0) is 11.3 Å². The smallest absolute Gasteiger partial charge is 0.328 e. The number of amides is 1. The molecule has 1 heterocycles. The molecule has 1 aromatic rings. The molecular formula is C10H14BrN3O3. The second-order valence-corrected chi connectivity index (χ2v) is 5.52. The molecule has 0 aliphatic rings. The Morgan fingerprint density at radius 3 is 2.59 bits per heavy atom. The zero-order valence-electron chi connectivity index (χ0n) is 9.83. The van der Waals surface area contributed by atoms with E-state index >= 15 is 0 Å². The predicted molar refractivity (Wildman–Crippen MR) is 66.9 cm³/mol. The van der Waals surface area contributed by atoms with Gasteiger partial charge in [-0.05, 0) is 36.7 Å². The molecular weight excluding hydrogens is 290 g/mol. The summed E-state index contributed by atoms with van der Waals surface area (Å²) in [5.41, 5.74) is -1.48. The first kappa shape index (κ1) is 13.7. The molecule has 0 fully saturated rings. The maximum absolute atomic E-state index is 11.6. The van der Waals surface area contributed by atoms with Crippen LogP contribution in [0.25, 0.3) is 0 Å². The van der Waals surface area contributed by atoms with E-state index in [4.69, 9.17) is 0 Å². The highest BCUT2D eigenvalue weighted by Crippen LogP contribution is 2.00. The van der Waals surface area contributed by atoms with Gasteiger partial charge < -0.3 is 5.32 Å². The Balaban J connectivity index is 2.90. The highest BCUT2D eigenvalue weighted by molar-refractivity contribution is 9.10. The average Bonchev–Trinajstić information content (AvgIpc) is 2.11. The average molecular weight is 304 g/mol. The van der Waals surface area contributed by atoms with Crippen LogP contribution in [0.15, 0.2) is 20.3 Å². The molecule has 7 heteroatoms. The first-order valence-electron chi connectivity index (χ1n) is 4.99. The number of aromatic amines is 1. The molecule has 0 unspecified atom stereocenters. The van der Waals surface area contributed by atoms with Gasteiger partial charge in [0.25, 0.3) is 5.56 Å². The minimum atomic E-state index is -0.609. The maximum Gasteiger partial charge on any atom is 0.328 e. The van der Waals surface area contributed by atoms with Crippen molar-refractivity contribution in [2.75, 3.05) is 0 Å². The van der Waals surface area contributed by atoms with Gasteiger partial charge in [-0.15, -0.1) is 0 Å². The standard InChI is InChI=1S/C10H14BrN3O3/c1-10(2,3)13-7(15)5-14-4-6(11)8(16)12-9(14)17/h4H,5H2,1-3H3,(H,13,15)(H,12,16,17). The van der Waals surface area contributed by atoms with Gasteiger partial charge in [0.1, 0.15) is 6.54 Å². The van der Waals surface area contributed by atoms with Crippen molar-refractivity contribution < 1.29 is 4.79 Å². The van der Waals surface area contributed by atoms with Crippen molar-refractivity contribution in [3.05, 3.63) is 31.5 Å². The van der Waals surface area contributed by atoms with Crippen LogP contribution in [0.2, 0.25) is 0 Å². The van der Waals surface area contributed by atoms with E-state index in [2.05, 4.69) is 26.2 Å². The molecule has 0 atom stereocenters. The van der Waals surface area contributed by atoms with Crippen LogP contribution in [0.4, 0.5) is 0 Å². The van der Waals surface area contributed by atoms with Crippen molar-refractivity contribution >= 4 is 21.8 Å². The zero-order valence-corrected chi connectivity index (χ0v) is 11.4. The molecule has 6 nitrogen and oxygen atoms in total. The van der Waals surface area contributed by atoms with Crippen molar-refractivity contribution in [1.29, 1.82) is 0 Å². The number of halogens is 1. The Hall–Kier alpha value is -1.37. The molecule has 0 aromatic carbocycles. The van der Waals surface area contributed by atoms with Crippen molar-refractivity contribution in [2.24, 2.45) is 0 Å². The summed E-state index contributed by atoms with van der Waals surface area (Å²) in [7, 11) is 0. The molecule has 0 spiro atoms. The fourth-order valence-electron chi connectivity index (χ4n) is 1.21. The van der Waals surface area contributed by atoms with Crippen LogP contribution < -0.4 is 16.6 Å². The summed E-state index contributed by atoms with van der Waals surface area (Å²) in [5.74, 6) is -0.293. The molecule has 1 amide bonds. The lowest BCUT2D eigenvalue weighted by Crippen LogP contribution is -2.44. The fraction of sp³-hybridized carbons (Fsp3) is 0.500. The quantitative estimate of drug-likeness (QED) is 0.819. The van der Waals surface area contributed by atoms with E-state index in [0.29, 0.717) is 0 Å². The highest BCUT2D eigenvalue weighted by atomic mass is 79.9. The van der Waals surface area contributed by atoms with Gasteiger partial charge in [-0.25, -0.2) is 4.79 Å². The normalized spacial score (nSPS) is 11.3. The van der Waals surface area contributed by atoms with Crippen LogP contribution in [-0.4, -0.2) is 21.0 Å². The molecule has 0 bridgehead atoms. The van der Waals surface area contributed by atoms with E-state index in [9.17, 15) is 14.4 Å². The molecule has 0 saturated carbocycles. The number of nitrogens with zero attached hydrogens (tertiary/aromatic N) is 1. The largest absolute Gasteiger partial charge is 0.350 e. The van der Waals surface area contributed by atoms with Crippen LogP contribution >= 0.6 is 15.9 Å². The lowest BCUT2D eigenvalue weighted by atomic mass is 10.1. The first-order chi connectivity index (χ1) is 7.69. The number of aromatic nitrogens is 2. The van der Waals surface area contributed by atoms with Gasteiger partial charge in [0, 0.05) is 11.7 Å². The van der Waals surface area contributed by atoms with E-state index < -0.39 is 11.2 Å². The van der Waals surface area contributed by atoms with Gasteiger partial charge in [0.05, 0.1) is 4.47 Å². The Morgan fingerprint density at radius 2 is 2.06 bits per heavy atom. The third kappa shape index (κ3) is 4.18. The molecule has 2 N–H and O–H groups in total. The molecule has 94 valence electrons. The topological polar surface area (TPSA) is 84.0 Å². The third-order valence-corrected chi connectivity index (χ3v) is 2.36. The molecule has 1 aromatic heterocycles. The minimum absolute atomic E-state index is 0.133. The SMILES string of the molecule is CC(C)(C)NC(=O)Cn1cc(Br)c(=O)[nH]c1=O. The lowest BCUT2D eigenvalue weighted by Gasteiger charge is -2.20. The van der Waals surface area contributed by atoms with Crippen LogP contribution in [0.1, 0.15) is 20.8 Å². The zero-order chi connectivity index (χ0) is 13.2. The Labute approximate surface area is 106 Å². The summed E-state index contributed by atoms with van der Waals surface area (Å²) < 4.78 is 1.34. The number of rotatable bonds is 2. The third-order valence-electron chi connectivity index (χ3n) is 1.80. The van der Waals surface area contributed by atoms with Gasteiger partial charge in [0.15, 0.2) is 0 Å². The summed E-state index contributed by atoms with van der Waals surface area (Å²) >= 11 is 3.00. The monoisotopic (exact) mass is 303 g/mol. The number of carbonyl (C=O) groups excluding carboxylic acids is 1. The molecule has 1 rings (SSSR count). The molecule has 0 radical (unpaired) electrons. The number of hydrogen-bond acceptors (Lipinski definition) is 3. The molecule has 0 aliphatic heterocycles. The molecule has 17 heavy (non-hydrogen) atoms. The van der Waals surface area contributed by atoms with E-state index in [1.807, 2.05) is 20.8 Å². The summed E-state index contributed by atoms with van der Waals surface area (Å²) in [6.07, 6.45) is 1.30. The van der Waals surface area contributed by atoms with Crippen molar-refractivity contribution in [2.45, 2.75) is 32.9 Å². The Kier molecular flexibility index (Phi) is 3.92. The van der Waals surface area contributed by atoms with Crippen molar-refractivity contribution in [3.8, 4) is 0 Å². The summed E-state index contributed by atoms with van der Waals surface area (Å²) in [6, 6.07) is 0. The summed E-state index contributed by atoms with van der Waals surface area (Å²) in [5, 5.41) is 2.72. The highest BCUT2D eigenvalue weighted by Gasteiger charge is 2.14. The first-order valence-corrected chi connectivity index (χ1v) is 5.78. The fourth-order valence-corrected chi connectivity index (χ4v) is 1.56. The van der Waals surface area contributed by atoms with Gasteiger partial charge in [0.2, 0.25) is 5.91 Å². The van der Waals surface area contributed by atoms with E-state index in [1.54, 1.807) is 0 Å². The predicted octanol–water partition coefficient (Wildman–Crippen LogP) is 0.214. The van der Waals surface area contributed by atoms with Crippen molar-refractivity contribution in [1.82, 2.24) is 14.9 Å². The van der Waals surface area contributed by atoms with Crippen LogP contribution in [0, 0.1) is 0 Å². The van der Waals surface area contributed by atoms with Gasteiger partial charge in [-0.3, -0.25) is 19.1 Å². The Bertz CT molecular complexity index is 539. The van der Waals surface area contributed by atoms with E-state index in [-0.39, 0.29) is 22.5 Å². The van der Waals surface area contributed by atoms with Gasteiger partial charge in [-0.2, -0.15) is 0 Å². The number of nitrogens with one attached hydrogen (secondary N) is 2. The maximum atomic E-state index is 11.6. The van der Waals surface area contributed by atoms with Crippen LogP contribution in [0.5, 0.6) is 0 Å². The second-order valence-electron chi connectivity index (χ2n) is 4.66. The Morgan fingerprint density at radius 1 is 1.47 bits per heavy atom. The van der Waals surface area contributed by atoms with Crippen molar-refractivity contribution in [3.63, 3.8) is 0 Å². The summed E-state index contributed by atoms with van der Waals surface area (Å²) in [6.45, 7) is 5.40. The number of carbonyl (C=O) groups is 1. The van der Waals surface area contributed by atoms with Gasteiger partial charge >= 0.3 is 5.69 Å². The second kappa shape index (κ2) is 4.87. The number of H-pyrrole nitrogens is 1. The van der Waals surface area contributed by atoms with E-state index in [0.717, 1.165) is 4.57 Å². The molecule has 0 saturated heterocycles.